The van der Waals surface area contributed by atoms with Gasteiger partial charge >= 0.3 is 0 Å². The van der Waals surface area contributed by atoms with Crippen LogP contribution in [-0.2, 0) is 32.6 Å². The number of nitrogens with zero attached hydrogens (tertiary/aromatic N) is 3. The van der Waals surface area contributed by atoms with Gasteiger partial charge in [-0.1, -0.05) is 18.2 Å². The van der Waals surface area contributed by atoms with Crippen LogP contribution in [0.25, 0.3) is 0 Å². The number of amides is 1. The van der Waals surface area contributed by atoms with Gasteiger partial charge < -0.3 is 19.4 Å². The van der Waals surface area contributed by atoms with Gasteiger partial charge in [0.1, 0.15) is 12.3 Å². The van der Waals surface area contributed by atoms with Crippen molar-refractivity contribution < 1.29 is 22.7 Å². The Balaban J connectivity index is 1.59. The molecule has 1 N–H and O–H groups in total. The molecule has 0 bridgehead atoms. The summed E-state index contributed by atoms with van der Waals surface area (Å²) in [7, 11) is -2.10. The predicted molar refractivity (Wildman–Crippen MR) is 96.6 cm³/mol. The Labute approximate surface area is 158 Å². The van der Waals surface area contributed by atoms with E-state index in [0.29, 0.717) is 38.6 Å². The molecule has 3 rings (SSSR count). The minimum absolute atomic E-state index is 0.0270. The summed E-state index contributed by atoms with van der Waals surface area (Å²) in [5, 5.41) is 2.72. The van der Waals surface area contributed by atoms with E-state index < -0.39 is 10.0 Å². The predicted octanol–water partition coefficient (Wildman–Crippen LogP) is 0.229. The molecule has 0 radical (unpaired) electrons. The van der Waals surface area contributed by atoms with E-state index in [-0.39, 0.29) is 17.5 Å². The van der Waals surface area contributed by atoms with Crippen LogP contribution in [0.1, 0.15) is 5.56 Å². The van der Waals surface area contributed by atoms with Crippen molar-refractivity contribution in [3.63, 3.8) is 0 Å². The van der Waals surface area contributed by atoms with Crippen LogP contribution in [0.15, 0.2) is 41.8 Å². The van der Waals surface area contributed by atoms with Gasteiger partial charge in [0.2, 0.25) is 5.91 Å². The van der Waals surface area contributed by atoms with E-state index in [4.69, 9.17) is 9.47 Å². The van der Waals surface area contributed by atoms with Crippen molar-refractivity contribution in [2.75, 3.05) is 33.4 Å². The van der Waals surface area contributed by atoms with Crippen molar-refractivity contribution in [3.8, 4) is 5.75 Å². The second-order valence-corrected chi connectivity index (χ2v) is 7.87. The van der Waals surface area contributed by atoms with Gasteiger partial charge in [0.15, 0.2) is 5.03 Å². The number of para-hydroxylation sites is 1. The number of aromatic nitrogens is 2. The first-order valence-electron chi connectivity index (χ1n) is 8.49. The number of morpholine rings is 1. The Morgan fingerprint density at radius 1 is 1.30 bits per heavy atom. The molecule has 1 aliphatic rings. The Bertz CT molecular complexity index is 890. The molecule has 0 saturated carbocycles. The lowest BCUT2D eigenvalue weighted by molar-refractivity contribution is -0.121. The molecule has 0 atom stereocenters. The van der Waals surface area contributed by atoms with Gasteiger partial charge in [-0.2, -0.15) is 4.31 Å². The fourth-order valence-electron chi connectivity index (χ4n) is 2.74. The largest absolute Gasteiger partial charge is 0.496 e. The van der Waals surface area contributed by atoms with Gasteiger partial charge in [-0.3, -0.25) is 4.79 Å². The number of nitrogens with one attached hydrogen (secondary N) is 1. The lowest BCUT2D eigenvalue weighted by atomic mass is 10.2. The van der Waals surface area contributed by atoms with Gasteiger partial charge in [0.25, 0.3) is 10.0 Å². The summed E-state index contributed by atoms with van der Waals surface area (Å²) in [5.74, 6) is 0.438. The summed E-state index contributed by atoms with van der Waals surface area (Å²) in [6.45, 7) is 1.62. The number of hydrogen-bond acceptors (Lipinski definition) is 6. The number of sulfonamides is 1. The highest BCUT2D eigenvalue weighted by Crippen LogP contribution is 2.17. The monoisotopic (exact) mass is 394 g/mol. The first kappa shape index (κ1) is 19.3. The van der Waals surface area contributed by atoms with Crippen LogP contribution in [0.4, 0.5) is 0 Å². The van der Waals surface area contributed by atoms with Crippen LogP contribution in [-0.4, -0.2) is 61.6 Å². The van der Waals surface area contributed by atoms with Crippen molar-refractivity contribution in [1.29, 1.82) is 0 Å². The molecule has 146 valence electrons. The third-order valence-electron chi connectivity index (χ3n) is 4.18. The van der Waals surface area contributed by atoms with Crippen molar-refractivity contribution >= 4 is 15.9 Å². The smallest absolute Gasteiger partial charge is 0.262 e. The molecule has 1 aromatic heterocycles. The molecule has 1 saturated heterocycles. The number of ether oxygens (including phenoxy) is 2. The number of hydrogen-bond donors (Lipinski definition) is 1. The van der Waals surface area contributed by atoms with E-state index in [0.717, 1.165) is 5.56 Å². The summed E-state index contributed by atoms with van der Waals surface area (Å²) in [4.78, 5) is 16.1. The second-order valence-electron chi connectivity index (χ2n) is 5.99. The Morgan fingerprint density at radius 2 is 2.04 bits per heavy atom. The molecule has 27 heavy (non-hydrogen) atoms. The molecule has 1 aliphatic heterocycles. The molecule has 0 unspecified atom stereocenters. The number of rotatable bonds is 7. The zero-order chi connectivity index (χ0) is 19.3. The molecule has 10 heteroatoms. The van der Waals surface area contributed by atoms with E-state index in [1.54, 1.807) is 7.11 Å². The normalized spacial score (nSPS) is 15.4. The van der Waals surface area contributed by atoms with Crippen LogP contribution in [0.2, 0.25) is 0 Å². The maximum atomic E-state index is 12.5. The standard InChI is InChI=1S/C17H22N4O5S/c1-25-15-5-3-2-4-14(15)10-18-16(22)11-20-12-17(19-13-20)27(23,24)21-6-8-26-9-7-21/h2-5,12-13H,6-11H2,1H3,(H,18,22). The average molecular weight is 394 g/mol. The van der Waals surface area contributed by atoms with E-state index in [1.165, 1.54) is 21.4 Å². The van der Waals surface area contributed by atoms with Gasteiger partial charge in [-0.05, 0) is 6.07 Å². The average Bonchev–Trinajstić information content (AvgIpc) is 3.16. The minimum Gasteiger partial charge on any atom is -0.496 e. The molecular weight excluding hydrogens is 372 g/mol. The molecule has 9 nitrogen and oxygen atoms in total. The van der Waals surface area contributed by atoms with Crippen molar-refractivity contribution in [3.05, 3.63) is 42.4 Å². The quantitative estimate of drug-likeness (QED) is 0.721. The molecule has 0 aliphatic carbocycles. The summed E-state index contributed by atoms with van der Waals surface area (Å²) in [6, 6.07) is 7.40. The molecule has 0 spiro atoms. The fourth-order valence-corrected chi connectivity index (χ4v) is 4.09. The third kappa shape index (κ3) is 4.65. The summed E-state index contributed by atoms with van der Waals surface area (Å²) in [5.41, 5.74) is 0.856. The van der Waals surface area contributed by atoms with Crippen LogP contribution in [0.3, 0.4) is 0 Å². The van der Waals surface area contributed by atoms with Crippen molar-refractivity contribution in [2.24, 2.45) is 0 Å². The minimum atomic E-state index is -3.67. The topological polar surface area (TPSA) is 103 Å². The number of imidazole rings is 1. The lowest BCUT2D eigenvalue weighted by Gasteiger charge is -2.24. The zero-order valence-corrected chi connectivity index (χ0v) is 15.8. The SMILES string of the molecule is COc1ccccc1CNC(=O)Cn1cnc(S(=O)(=O)N2CCOCC2)c1. The molecule has 1 aromatic carbocycles. The number of carbonyl (C=O) groups excluding carboxylic acids is 1. The highest BCUT2D eigenvalue weighted by atomic mass is 32.2. The number of benzene rings is 1. The zero-order valence-electron chi connectivity index (χ0n) is 15.0. The maximum absolute atomic E-state index is 12.5. The second kappa shape index (κ2) is 8.51. The highest BCUT2D eigenvalue weighted by molar-refractivity contribution is 7.89. The highest BCUT2D eigenvalue weighted by Gasteiger charge is 2.28. The first-order valence-corrected chi connectivity index (χ1v) is 9.93. The van der Waals surface area contributed by atoms with E-state index in [2.05, 4.69) is 10.3 Å². The molecule has 2 aromatic rings. The van der Waals surface area contributed by atoms with Gasteiger partial charge in [-0.15, -0.1) is 0 Å². The van der Waals surface area contributed by atoms with Crippen LogP contribution >= 0.6 is 0 Å². The van der Waals surface area contributed by atoms with Crippen LogP contribution < -0.4 is 10.1 Å². The van der Waals surface area contributed by atoms with Crippen molar-refractivity contribution in [2.45, 2.75) is 18.1 Å². The fraction of sp³-hybridized carbons (Fsp3) is 0.412. The Kier molecular flexibility index (Phi) is 6.09. The van der Waals surface area contributed by atoms with Crippen LogP contribution in [0, 0.1) is 0 Å². The number of carbonyl (C=O) groups is 1. The number of methoxy groups -OCH3 is 1. The molecule has 1 fully saturated rings. The van der Waals surface area contributed by atoms with E-state index in [9.17, 15) is 13.2 Å². The van der Waals surface area contributed by atoms with E-state index >= 15 is 0 Å². The van der Waals surface area contributed by atoms with Crippen LogP contribution in [0.5, 0.6) is 5.75 Å². The Hall–Kier alpha value is -2.43. The van der Waals surface area contributed by atoms with Gasteiger partial charge in [0.05, 0.1) is 26.7 Å². The van der Waals surface area contributed by atoms with Crippen molar-refractivity contribution in [1.82, 2.24) is 19.2 Å². The summed E-state index contributed by atoms with van der Waals surface area (Å²) < 4.78 is 38.3. The summed E-state index contributed by atoms with van der Waals surface area (Å²) >= 11 is 0. The third-order valence-corrected chi connectivity index (χ3v) is 5.96. The lowest BCUT2D eigenvalue weighted by Crippen LogP contribution is -2.40. The first-order chi connectivity index (χ1) is 13.0. The Morgan fingerprint density at radius 3 is 2.78 bits per heavy atom. The van der Waals surface area contributed by atoms with Gasteiger partial charge in [0, 0.05) is 31.4 Å². The summed E-state index contributed by atoms with van der Waals surface area (Å²) in [6.07, 6.45) is 2.71. The maximum Gasteiger partial charge on any atom is 0.262 e. The van der Waals surface area contributed by atoms with E-state index in [1.807, 2.05) is 24.3 Å². The molecule has 2 heterocycles. The molecule has 1 amide bonds. The molecular formula is C17H22N4O5S. The van der Waals surface area contributed by atoms with Gasteiger partial charge in [-0.25, -0.2) is 13.4 Å².